The lowest BCUT2D eigenvalue weighted by Crippen LogP contribution is -2.38. The molecule has 0 radical (unpaired) electrons. The summed E-state index contributed by atoms with van der Waals surface area (Å²) < 4.78 is 39.3. The number of rotatable bonds is 1. The Morgan fingerprint density at radius 1 is 1.54 bits per heavy atom. The average Bonchev–Trinajstić information content (AvgIpc) is 2.01. The maximum atomic E-state index is 13.1. The van der Waals surface area contributed by atoms with Crippen molar-refractivity contribution in [1.29, 1.82) is 0 Å². The van der Waals surface area contributed by atoms with E-state index in [1.165, 1.54) is 0 Å². The van der Waals surface area contributed by atoms with Crippen molar-refractivity contribution in [3.8, 4) is 0 Å². The normalized spacial score (nSPS) is 32.5. The Labute approximate surface area is 76.0 Å². The fourth-order valence-corrected chi connectivity index (χ4v) is 2.84. The van der Waals surface area contributed by atoms with Crippen LogP contribution in [0.2, 0.25) is 0 Å². The largest absolute Gasteiger partial charge is 0.469 e. The topological polar surface area (TPSA) is 60.4 Å². The number of sulfone groups is 1. The summed E-state index contributed by atoms with van der Waals surface area (Å²) in [4.78, 5) is 10.9. The van der Waals surface area contributed by atoms with E-state index in [-0.39, 0.29) is 12.2 Å². The van der Waals surface area contributed by atoms with E-state index in [2.05, 4.69) is 4.74 Å². The number of hydrogen-bond donors (Lipinski definition) is 0. The summed E-state index contributed by atoms with van der Waals surface area (Å²) in [7, 11) is -2.12. The second kappa shape index (κ2) is 3.61. The quantitative estimate of drug-likeness (QED) is 0.568. The Balaban J connectivity index is 2.69. The van der Waals surface area contributed by atoms with Gasteiger partial charge in [-0.25, -0.2) is 12.8 Å². The third-order valence-corrected chi connectivity index (χ3v) is 3.78. The summed E-state index contributed by atoms with van der Waals surface area (Å²) in [5.74, 6) is -2.27. The summed E-state index contributed by atoms with van der Waals surface area (Å²) in [6.45, 7) is 0. The highest BCUT2D eigenvalue weighted by Crippen LogP contribution is 2.23. The fourth-order valence-electron chi connectivity index (χ4n) is 1.35. The van der Waals surface area contributed by atoms with Crippen molar-refractivity contribution in [2.45, 2.75) is 12.6 Å². The molecular weight excluding hydrogens is 199 g/mol. The van der Waals surface area contributed by atoms with Crippen molar-refractivity contribution < 1.29 is 22.3 Å². The van der Waals surface area contributed by atoms with Crippen LogP contribution in [0, 0.1) is 5.92 Å². The van der Waals surface area contributed by atoms with E-state index in [1.54, 1.807) is 0 Å². The average molecular weight is 210 g/mol. The second-order valence-electron chi connectivity index (χ2n) is 3.05. The summed E-state index contributed by atoms with van der Waals surface area (Å²) in [6.07, 6.45) is -1.60. The maximum Gasteiger partial charge on any atom is 0.311 e. The molecular formula is C7H11FO4S. The molecule has 1 aliphatic rings. The summed E-state index contributed by atoms with van der Waals surface area (Å²) in [5, 5.41) is 0. The molecule has 0 aromatic carbocycles. The molecule has 0 bridgehead atoms. The molecule has 1 heterocycles. The van der Waals surface area contributed by atoms with Gasteiger partial charge in [-0.15, -0.1) is 0 Å². The van der Waals surface area contributed by atoms with Crippen LogP contribution in [0.1, 0.15) is 6.42 Å². The van der Waals surface area contributed by atoms with Gasteiger partial charge in [0.2, 0.25) is 0 Å². The van der Waals surface area contributed by atoms with Crippen molar-refractivity contribution in [2.24, 2.45) is 5.92 Å². The Bertz CT molecular complexity index is 298. The third-order valence-electron chi connectivity index (χ3n) is 2.09. The lowest BCUT2D eigenvalue weighted by Gasteiger charge is -2.23. The lowest BCUT2D eigenvalue weighted by atomic mass is 10.0. The zero-order valence-corrected chi connectivity index (χ0v) is 8.01. The lowest BCUT2D eigenvalue weighted by molar-refractivity contribution is -0.147. The van der Waals surface area contributed by atoms with Gasteiger partial charge in [-0.2, -0.15) is 0 Å². The van der Waals surface area contributed by atoms with Crippen molar-refractivity contribution in [1.82, 2.24) is 0 Å². The minimum absolute atomic E-state index is 0.0240. The van der Waals surface area contributed by atoms with E-state index in [9.17, 15) is 17.6 Å². The van der Waals surface area contributed by atoms with E-state index in [4.69, 9.17) is 0 Å². The van der Waals surface area contributed by atoms with E-state index in [1.807, 2.05) is 0 Å². The molecule has 0 unspecified atom stereocenters. The highest BCUT2D eigenvalue weighted by Gasteiger charge is 2.38. The Kier molecular flexibility index (Phi) is 2.90. The van der Waals surface area contributed by atoms with Gasteiger partial charge in [0, 0.05) is 0 Å². The molecule has 0 spiro atoms. The van der Waals surface area contributed by atoms with Crippen molar-refractivity contribution >= 4 is 15.8 Å². The minimum Gasteiger partial charge on any atom is -0.469 e. The zero-order valence-electron chi connectivity index (χ0n) is 7.20. The zero-order chi connectivity index (χ0) is 10.1. The van der Waals surface area contributed by atoms with Crippen LogP contribution in [0.15, 0.2) is 0 Å². The monoisotopic (exact) mass is 210 g/mol. The van der Waals surface area contributed by atoms with E-state index in [0.29, 0.717) is 0 Å². The first-order chi connectivity index (χ1) is 5.96. The Morgan fingerprint density at radius 2 is 2.15 bits per heavy atom. The van der Waals surface area contributed by atoms with Gasteiger partial charge in [-0.3, -0.25) is 4.79 Å². The molecule has 1 saturated heterocycles. The number of esters is 1. The number of carbonyl (C=O) groups excluding carboxylic acids is 1. The van der Waals surface area contributed by atoms with Crippen LogP contribution >= 0.6 is 0 Å². The van der Waals surface area contributed by atoms with Crippen LogP contribution in [0.4, 0.5) is 4.39 Å². The van der Waals surface area contributed by atoms with E-state index >= 15 is 0 Å². The van der Waals surface area contributed by atoms with Gasteiger partial charge in [-0.1, -0.05) is 0 Å². The molecule has 2 atom stereocenters. The Hall–Kier alpha value is -0.650. The molecule has 1 rings (SSSR count). The van der Waals surface area contributed by atoms with Gasteiger partial charge in [0.1, 0.15) is 6.17 Å². The highest BCUT2D eigenvalue weighted by atomic mass is 32.2. The third kappa shape index (κ3) is 2.40. The SMILES string of the molecule is COC(=O)[C@@H]1CCS(=O)(=O)C[C@H]1F. The number of carbonyl (C=O) groups is 1. The predicted octanol–water partition coefficient (Wildman–Crippen LogP) is -0.0678. The van der Waals surface area contributed by atoms with Gasteiger partial charge in [0.15, 0.2) is 9.84 Å². The first kappa shape index (κ1) is 10.4. The molecule has 0 aromatic rings. The highest BCUT2D eigenvalue weighted by molar-refractivity contribution is 7.91. The molecule has 6 heteroatoms. The molecule has 4 nitrogen and oxygen atoms in total. The van der Waals surface area contributed by atoms with Gasteiger partial charge in [-0.05, 0) is 6.42 Å². The van der Waals surface area contributed by atoms with Crippen LogP contribution in [0.5, 0.6) is 0 Å². The number of hydrogen-bond acceptors (Lipinski definition) is 4. The van der Waals surface area contributed by atoms with Crippen LogP contribution in [0.25, 0.3) is 0 Å². The molecule has 0 saturated carbocycles. The van der Waals surface area contributed by atoms with Crippen molar-refractivity contribution in [3.63, 3.8) is 0 Å². The molecule has 1 fully saturated rings. The number of alkyl halides is 1. The van der Waals surface area contributed by atoms with Crippen LogP contribution < -0.4 is 0 Å². The van der Waals surface area contributed by atoms with Crippen molar-refractivity contribution in [3.05, 3.63) is 0 Å². The van der Waals surface area contributed by atoms with Crippen LogP contribution in [-0.2, 0) is 19.4 Å². The van der Waals surface area contributed by atoms with Crippen molar-refractivity contribution in [2.75, 3.05) is 18.6 Å². The molecule has 0 amide bonds. The van der Waals surface area contributed by atoms with Crippen LogP contribution in [-0.4, -0.2) is 39.2 Å². The first-order valence-corrected chi connectivity index (χ1v) is 5.71. The molecule has 76 valence electrons. The number of methoxy groups -OCH3 is 1. The van der Waals surface area contributed by atoms with Gasteiger partial charge < -0.3 is 4.74 Å². The smallest absolute Gasteiger partial charge is 0.311 e. The number of halogens is 1. The fraction of sp³-hybridized carbons (Fsp3) is 0.857. The van der Waals surface area contributed by atoms with E-state index < -0.39 is 33.6 Å². The Morgan fingerprint density at radius 3 is 2.62 bits per heavy atom. The first-order valence-electron chi connectivity index (χ1n) is 3.88. The maximum absolute atomic E-state index is 13.1. The summed E-state index contributed by atoms with van der Waals surface area (Å²) in [6, 6.07) is 0. The number of ether oxygens (including phenoxy) is 1. The molecule has 0 aromatic heterocycles. The van der Waals surface area contributed by atoms with Gasteiger partial charge >= 0.3 is 5.97 Å². The molecule has 1 aliphatic heterocycles. The minimum atomic E-state index is -3.29. The van der Waals surface area contributed by atoms with Gasteiger partial charge in [0.05, 0.1) is 24.5 Å². The van der Waals surface area contributed by atoms with E-state index in [0.717, 1.165) is 7.11 Å². The second-order valence-corrected chi connectivity index (χ2v) is 5.28. The summed E-state index contributed by atoms with van der Waals surface area (Å²) in [5.41, 5.74) is 0. The molecule has 0 aliphatic carbocycles. The van der Waals surface area contributed by atoms with Crippen LogP contribution in [0.3, 0.4) is 0 Å². The van der Waals surface area contributed by atoms with Gasteiger partial charge in [0.25, 0.3) is 0 Å². The molecule has 13 heavy (non-hydrogen) atoms. The molecule has 0 N–H and O–H groups in total. The standard InChI is InChI=1S/C7H11FO4S/c1-12-7(9)5-2-3-13(10,11)4-6(5)8/h5-6H,2-4H2,1H3/t5-,6-/m1/s1. The summed E-state index contributed by atoms with van der Waals surface area (Å²) >= 11 is 0. The predicted molar refractivity (Wildman–Crippen MR) is 43.7 cm³/mol.